The van der Waals surface area contributed by atoms with E-state index in [1.165, 1.54) is 19.1 Å². The number of nitrogens with one attached hydrogen (secondary N) is 1. The maximum Gasteiger partial charge on any atom is 0.329 e. The maximum atomic E-state index is 12.3. The molecule has 1 atom stereocenters. The molecule has 7 heteroatoms. The Morgan fingerprint density at radius 3 is 2.30 bits per heavy atom. The van der Waals surface area contributed by atoms with Crippen molar-refractivity contribution < 1.29 is 23.9 Å². The van der Waals surface area contributed by atoms with Crippen LogP contribution in [-0.4, -0.2) is 47.3 Å². The molecule has 3 amide bonds. The Labute approximate surface area is 132 Å². The monoisotopic (exact) mass is 316 g/mol. The van der Waals surface area contributed by atoms with Gasteiger partial charge in [0.25, 0.3) is 17.7 Å². The molecule has 7 nitrogen and oxygen atoms in total. The third-order valence-corrected chi connectivity index (χ3v) is 3.84. The largest absolute Gasteiger partial charge is 0.454 e. The van der Waals surface area contributed by atoms with Crippen LogP contribution in [0, 0.1) is 0 Å². The number of carbonyl (C=O) groups is 4. The molecule has 0 saturated heterocycles. The van der Waals surface area contributed by atoms with Crippen molar-refractivity contribution in [1.82, 2.24) is 10.2 Å². The van der Waals surface area contributed by atoms with Crippen molar-refractivity contribution in [2.24, 2.45) is 0 Å². The smallest absolute Gasteiger partial charge is 0.329 e. The minimum atomic E-state index is -1.09. The van der Waals surface area contributed by atoms with Crippen LogP contribution in [-0.2, 0) is 14.3 Å². The van der Waals surface area contributed by atoms with E-state index in [0.29, 0.717) is 0 Å². The first-order chi connectivity index (χ1) is 11.0. The van der Waals surface area contributed by atoms with E-state index in [1.807, 2.05) is 0 Å². The van der Waals surface area contributed by atoms with Crippen molar-refractivity contribution in [3.05, 3.63) is 35.4 Å². The predicted octanol–water partition coefficient (Wildman–Crippen LogP) is 0.493. The minimum Gasteiger partial charge on any atom is -0.454 e. The van der Waals surface area contributed by atoms with Gasteiger partial charge in [0.05, 0.1) is 11.1 Å². The first-order valence-corrected chi connectivity index (χ1v) is 7.42. The second-order valence-corrected chi connectivity index (χ2v) is 5.65. The number of imide groups is 1. The summed E-state index contributed by atoms with van der Waals surface area (Å²) in [5.74, 6) is -2.23. The highest BCUT2D eigenvalue weighted by molar-refractivity contribution is 6.22. The van der Waals surface area contributed by atoms with Crippen LogP contribution in [0.15, 0.2) is 24.3 Å². The Kier molecular flexibility index (Phi) is 3.85. The highest BCUT2D eigenvalue weighted by Crippen LogP contribution is 2.24. The Balaban J connectivity index is 1.62. The highest BCUT2D eigenvalue weighted by Gasteiger charge is 2.41. The third-order valence-electron chi connectivity index (χ3n) is 3.84. The zero-order chi connectivity index (χ0) is 16.6. The molecule has 0 spiro atoms. The number of amides is 3. The topological polar surface area (TPSA) is 92.8 Å². The summed E-state index contributed by atoms with van der Waals surface area (Å²) in [6.45, 7) is 0.992. The van der Waals surface area contributed by atoms with E-state index in [0.717, 1.165) is 17.7 Å². The van der Waals surface area contributed by atoms with Crippen LogP contribution in [0.4, 0.5) is 0 Å². The van der Waals surface area contributed by atoms with Crippen molar-refractivity contribution in [3.8, 4) is 0 Å². The SMILES string of the molecule is CC(C(=O)OCC(=O)NC1CC1)N1C(=O)c2ccccc2C1=O. The second kappa shape index (κ2) is 5.83. The lowest BCUT2D eigenvalue weighted by Crippen LogP contribution is -2.44. The predicted molar refractivity (Wildman–Crippen MR) is 78.5 cm³/mol. The van der Waals surface area contributed by atoms with Gasteiger partial charge in [0.1, 0.15) is 6.04 Å². The number of hydrogen-bond donors (Lipinski definition) is 1. The molecule has 0 bridgehead atoms. The van der Waals surface area contributed by atoms with Gasteiger partial charge >= 0.3 is 5.97 Å². The van der Waals surface area contributed by atoms with Crippen molar-refractivity contribution in [3.63, 3.8) is 0 Å². The van der Waals surface area contributed by atoms with Crippen LogP contribution in [0.1, 0.15) is 40.5 Å². The summed E-state index contributed by atoms with van der Waals surface area (Å²) in [5.41, 5.74) is 0.534. The number of fused-ring (bicyclic) bond motifs is 1. The lowest BCUT2D eigenvalue weighted by molar-refractivity contribution is -0.151. The van der Waals surface area contributed by atoms with Gasteiger partial charge in [0, 0.05) is 6.04 Å². The molecule has 0 aromatic heterocycles. The van der Waals surface area contributed by atoms with Gasteiger partial charge in [-0.05, 0) is 31.9 Å². The van der Waals surface area contributed by atoms with Gasteiger partial charge in [-0.1, -0.05) is 12.1 Å². The normalized spacial score (nSPS) is 17.7. The van der Waals surface area contributed by atoms with Gasteiger partial charge in [0.2, 0.25) is 0 Å². The van der Waals surface area contributed by atoms with E-state index in [4.69, 9.17) is 4.74 Å². The van der Waals surface area contributed by atoms with Crippen molar-refractivity contribution in [2.75, 3.05) is 6.61 Å². The number of ether oxygens (including phenoxy) is 1. The number of benzene rings is 1. The maximum absolute atomic E-state index is 12.3. The first-order valence-electron chi connectivity index (χ1n) is 7.42. The summed E-state index contributed by atoms with van der Waals surface area (Å²) in [7, 11) is 0. The molecule has 1 aliphatic heterocycles. The zero-order valence-electron chi connectivity index (χ0n) is 12.6. The molecule has 1 aromatic carbocycles. The zero-order valence-corrected chi connectivity index (χ0v) is 12.6. The molecule has 120 valence electrons. The van der Waals surface area contributed by atoms with E-state index in [9.17, 15) is 19.2 Å². The van der Waals surface area contributed by atoms with Crippen LogP contribution >= 0.6 is 0 Å². The van der Waals surface area contributed by atoms with Gasteiger partial charge in [-0.15, -0.1) is 0 Å². The van der Waals surface area contributed by atoms with E-state index in [1.54, 1.807) is 12.1 Å². The van der Waals surface area contributed by atoms with E-state index in [-0.39, 0.29) is 23.1 Å². The van der Waals surface area contributed by atoms with E-state index < -0.39 is 30.4 Å². The molecular weight excluding hydrogens is 300 g/mol. The minimum absolute atomic E-state index is 0.176. The summed E-state index contributed by atoms with van der Waals surface area (Å²) in [4.78, 5) is 48.9. The fraction of sp³-hybridized carbons (Fsp3) is 0.375. The Morgan fingerprint density at radius 2 is 1.78 bits per heavy atom. The fourth-order valence-corrected chi connectivity index (χ4v) is 2.42. The second-order valence-electron chi connectivity index (χ2n) is 5.65. The average molecular weight is 316 g/mol. The Bertz CT molecular complexity index is 660. The molecule has 23 heavy (non-hydrogen) atoms. The Morgan fingerprint density at radius 1 is 1.22 bits per heavy atom. The van der Waals surface area contributed by atoms with Crippen molar-refractivity contribution >= 4 is 23.7 Å². The molecular formula is C16H16N2O5. The average Bonchev–Trinajstić information content (AvgIpc) is 3.32. The van der Waals surface area contributed by atoms with Crippen molar-refractivity contribution in [2.45, 2.75) is 31.8 Å². The lowest BCUT2D eigenvalue weighted by atomic mass is 10.1. The van der Waals surface area contributed by atoms with Crippen LogP contribution in [0.3, 0.4) is 0 Å². The molecule has 0 radical (unpaired) electrons. The molecule has 1 unspecified atom stereocenters. The van der Waals surface area contributed by atoms with Gasteiger partial charge in [-0.25, -0.2) is 4.79 Å². The molecule has 1 aromatic rings. The number of carbonyl (C=O) groups excluding carboxylic acids is 4. The lowest BCUT2D eigenvalue weighted by Gasteiger charge is -2.20. The number of rotatable bonds is 5. The van der Waals surface area contributed by atoms with E-state index in [2.05, 4.69) is 5.32 Å². The van der Waals surface area contributed by atoms with Gasteiger partial charge in [-0.3, -0.25) is 19.3 Å². The van der Waals surface area contributed by atoms with Gasteiger partial charge in [-0.2, -0.15) is 0 Å². The summed E-state index contributed by atoms with van der Waals surface area (Å²) in [6.07, 6.45) is 1.87. The van der Waals surface area contributed by atoms with Crippen LogP contribution < -0.4 is 5.32 Å². The number of nitrogens with zero attached hydrogens (tertiary/aromatic N) is 1. The molecule has 1 N–H and O–H groups in total. The first kappa shape index (κ1) is 15.2. The van der Waals surface area contributed by atoms with Gasteiger partial charge in [0.15, 0.2) is 6.61 Å². The molecule has 1 fully saturated rings. The van der Waals surface area contributed by atoms with Crippen molar-refractivity contribution in [1.29, 1.82) is 0 Å². The molecule has 1 aliphatic carbocycles. The van der Waals surface area contributed by atoms with Crippen LogP contribution in [0.25, 0.3) is 0 Å². The van der Waals surface area contributed by atoms with Crippen LogP contribution in [0.5, 0.6) is 0 Å². The molecule has 1 heterocycles. The number of esters is 1. The summed E-state index contributed by atoms with van der Waals surface area (Å²) in [6, 6.07) is 5.47. The summed E-state index contributed by atoms with van der Waals surface area (Å²) >= 11 is 0. The molecule has 3 rings (SSSR count). The molecule has 2 aliphatic rings. The third kappa shape index (κ3) is 2.94. The number of hydrogen-bond acceptors (Lipinski definition) is 5. The highest BCUT2D eigenvalue weighted by atomic mass is 16.5. The summed E-state index contributed by atoms with van der Waals surface area (Å²) < 4.78 is 4.91. The fourth-order valence-electron chi connectivity index (χ4n) is 2.42. The Hall–Kier alpha value is -2.70. The van der Waals surface area contributed by atoms with Gasteiger partial charge < -0.3 is 10.1 Å². The quantitative estimate of drug-likeness (QED) is 0.630. The standard InChI is InChI=1S/C16H16N2O5/c1-9(16(22)23-8-13(19)17-10-6-7-10)18-14(20)11-4-2-3-5-12(11)15(18)21/h2-5,9-10H,6-8H2,1H3,(H,17,19). The van der Waals surface area contributed by atoms with E-state index >= 15 is 0 Å². The van der Waals surface area contributed by atoms with Crippen LogP contribution in [0.2, 0.25) is 0 Å². The summed E-state index contributed by atoms with van der Waals surface area (Å²) in [5, 5.41) is 2.69. The molecule has 1 saturated carbocycles.